The maximum Gasteiger partial charge on any atom is 0.410 e. The summed E-state index contributed by atoms with van der Waals surface area (Å²) in [7, 11) is 0. The van der Waals surface area contributed by atoms with Crippen LogP contribution in [0.4, 0.5) is 4.79 Å². The summed E-state index contributed by atoms with van der Waals surface area (Å²) in [6.45, 7) is 1.73. The van der Waals surface area contributed by atoms with Crippen molar-refractivity contribution in [3.8, 4) is 0 Å². The van der Waals surface area contributed by atoms with Crippen molar-refractivity contribution >= 4 is 6.09 Å². The van der Waals surface area contributed by atoms with Crippen LogP contribution in [0.2, 0.25) is 0 Å². The topological polar surface area (TPSA) is 55.6 Å². The van der Waals surface area contributed by atoms with Crippen LogP contribution in [0.5, 0.6) is 0 Å². The Morgan fingerprint density at radius 1 is 1.06 bits per heavy atom. The largest absolute Gasteiger partial charge is 0.446 e. The Kier molecular flexibility index (Phi) is 4.04. The Morgan fingerprint density at radius 2 is 1.69 bits per heavy atom. The van der Waals surface area contributed by atoms with Crippen LogP contribution in [-0.4, -0.2) is 36.2 Å². The second-order valence-electron chi connectivity index (χ2n) is 4.97. The van der Waals surface area contributed by atoms with Gasteiger partial charge in [0.15, 0.2) is 0 Å². The quantitative estimate of drug-likeness (QED) is 0.742. The van der Waals surface area contributed by atoms with Crippen molar-refractivity contribution in [3.05, 3.63) is 0 Å². The van der Waals surface area contributed by atoms with E-state index in [1.165, 1.54) is 6.42 Å². The molecule has 92 valence electrons. The van der Waals surface area contributed by atoms with Crippen molar-refractivity contribution < 1.29 is 9.53 Å². The zero-order chi connectivity index (χ0) is 11.4. The molecule has 1 saturated carbocycles. The highest BCUT2D eigenvalue weighted by Gasteiger charge is 2.25. The smallest absolute Gasteiger partial charge is 0.410 e. The first-order valence-corrected chi connectivity index (χ1v) is 6.47. The predicted octanol–water partition coefficient (Wildman–Crippen LogP) is 1.88. The summed E-state index contributed by atoms with van der Waals surface area (Å²) >= 11 is 0. The molecule has 2 aliphatic rings. The van der Waals surface area contributed by atoms with E-state index in [9.17, 15) is 4.79 Å². The first-order chi connectivity index (χ1) is 7.75. The highest BCUT2D eigenvalue weighted by atomic mass is 16.6. The number of nitrogens with zero attached hydrogens (tertiary/aromatic N) is 1. The minimum absolute atomic E-state index is 0.106. The summed E-state index contributed by atoms with van der Waals surface area (Å²) in [4.78, 5) is 13.7. The molecule has 1 saturated heterocycles. The fourth-order valence-corrected chi connectivity index (χ4v) is 2.50. The third kappa shape index (κ3) is 3.11. The molecule has 0 radical (unpaired) electrons. The number of piperidine rings is 1. The summed E-state index contributed by atoms with van der Waals surface area (Å²) in [6, 6.07) is 0.310. The predicted molar refractivity (Wildman–Crippen MR) is 62.1 cm³/mol. The van der Waals surface area contributed by atoms with Gasteiger partial charge in [-0.15, -0.1) is 0 Å². The minimum Gasteiger partial charge on any atom is -0.446 e. The number of hydrogen-bond acceptors (Lipinski definition) is 3. The first kappa shape index (κ1) is 11.7. The molecular weight excluding hydrogens is 204 g/mol. The van der Waals surface area contributed by atoms with Gasteiger partial charge >= 0.3 is 6.09 Å². The molecule has 2 rings (SSSR count). The van der Waals surface area contributed by atoms with E-state index < -0.39 is 0 Å². The van der Waals surface area contributed by atoms with Crippen molar-refractivity contribution in [2.24, 2.45) is 5.73 Å². The molecule has 0 aromatic carbocycles. The monoisotopic (exact) mass is 226 g/mol. The molecule has 1 heterocycles. The Balaban J connectivity index is 1.73. The average molecular weight is 226 g/mol. The highest BCUT2D eigenvalue weighted by molar-refractivity contribution is 5.67. The number of amides is 1. The van der Waals surface area contributed by atoms with E-state index in [4.69, 9.17) is 10.5 Å². The molecule has 0 spiro atoms. The summed E-state index contributed by atoms with van der Waals surface area (Å²) in [6.07, 6.45) is 7.30. The number of nitrogens with two attached hydrogens (primary N) is 1. The second kappa shape index (κ2) is 5.53. The SMILES string of the molecule is NC1CCC(OC(=O)N2CCCCC2)CC1. The van der Waals surface area contributed by atoms with Gasteiger partial charge in [0.05, 0.1) is 0 Å². The van der Waals surface area contributed by atoms with E-state index in [-0.39, 0.29) is 12.2 Å². The van der Waals surface area contributed by atoms with E-state index in [0.29, 0.717) is 6.04 Å². The number of hydrogen-bond donors (Lipinski definition) is 1. The lowest BCUT2D eigenvalue weighted by atomic mass is 9.94. The fourth-order valence-electron chi connectivity index (χ4n) is 2.50. The van der Waals surface area contributed by atoms with E-state index in [2.05, 4.69) is 0 Å². The Labute approximate surface area is 97.1 Å². The van der Waals surface area contributed by atoms with Gasteiger partial charge in [-0.2, -0.15) is 0 Å². The van der Waals surface area contributed by atoms with Gasteiger partial charge in [-0.25, -0.2) is 4.79 Å². The van der Waals surface area contributed by atoms with E-state index >= 15 is 0 Å². The third-order valence-corrected chi connectivity index (χ3v) is 3.60. The van der Waals surface area contributed by atoms with Crippen LogP contribution in [0.25, 0.3) is 0 Å². The summed E-state index contributed by atoms with van der Waals surface area (Å²) in [5.74, 6) is 0. The number of rotatable bonds is 1. The van der Waals surface area contributed by atoms with Crippen molar-refractivity contribution in [2.75, 3.05) is 13.1 Å². The molecule has 4 nitrogen and oxygen atoms in total. The van der Waals surface area contributed by atoms with Gasteiger partial charge in [0.2, 0.25) is 0 Å². The molecule has 16 heavy (non-hydrogen) atoms. The molecule has 1 aliphatic heterocycles. The molecule has 0 aromatic rings. The van der Waals surface area contributed by atoms with Crippen LogP contribution < -0.4 is 5.73 Å². The van der Waals surface area contributed by atoms with E-state index in [1.54, 1.807) is 0 Å². The maximum atomic E-state index is 11.8. The van der Waals surface area contributed by atoms with Gasteiger partial charge in [-0.3, -0.25) is 0 Å². The second-order valence-corrected chi connectivity index (χ2v) is 4.97. The summed E-state index contributed by atoms with van der Waals surface area (Å²) < 4.78 is 5.51. The molecule has 0 bridgehead atoms. The number of carbonyl (C=O) groups excluding carboxylic acids is 1. The number of likely N-dealkylation sites (tertiary alicyclic amines) is 1. The molecule has 2 N–H and O–H groups in total. The standard InChI is InChI=1S/C12H22N2O2/c13-10-4-6-11(7-5-10)16-12(15)14-8-2-1-3-9-14/h10-11H,1-9,13H2. The van der Waals surface area contributed by atoms with Crippen molar-refractivity contribution in [1.82, 2.24) is 4.90 Å². The normalized spacial score (nSPS) is 31.2. The van der Waals surface area contributed by atoms with Crippen LogP contribution in [0.1, 0.15) is 44.9 Å². The zero-order valence-corrected chi connectivity index (χ0v) is 9.86. The van der Waals surface area contributed by atoms with Crippen molar-refractivity contribution in [2.45, 2.75) is 57.1 Å². The van der Waals surface area contributed by atoms with Crippen LogP contribution in [0.15, 0.2) is 0 Å². The molecule has 0 atom stereocenters. The first-order valence-electron chi connectivity index (χ1n) is 6.47. The fraction of sp³-hybridized carbons (Fsp3) is 0.917. The molecule has 1 aliphatic carbocycles. The average Bonchev–Trinajstić information content (AvgIpc) is 2.33. The van der Waals surface area contributed by atoms with E-state index in [0.717, 1.165) is 51.6 Å². The van der Waals surface area contributed by atoms with Gasteiger partial charge in [0, 0.05) is 19.1 Å². The number of ether oxygens (including phenoxy) is 1. The van der Waals surface area contributed by atoms with Crippen LogP contribution in [0, 0.1) is 0 Å². The zero-order valence-electron chi connectivity index (χ0n) is 9.86. The van der Waals surface area contributed by atoms with Crippen molar-refractivity contribution in [3.63, 3.8) is 0 Å². The molecular formula is C12H22N2O2. The lowest BCUT2D eigenvalue weighted by Crippen LogP contribution is -2.39. The lowest BCUT2D eigenvalue weighted by molar-refractivity contribution is 0.0394. The molecule has 2 fully saturated rings. The molecule has 0 unspecified atom stereocenters. The lowest BCUT2D eigenvalue weighted by Gasteiger charge is -2.30. The van der Waals surface area contributed by atoms with E-state index in [1.807, 2.05) is 4.90 Å². The third-order valence-electron chi connectivity index (χ3n) is 3.60. The highest BCUT2D eigenvalue weighted by Crippen LogP contribution is 2.21. The number of carbonyl (C=O) groups is 1. The van der Waals surface area contributed by atoms with Gasteiger partial charge in [-0.1, -0.05) is 0 Å². The van der Waals surface area contributed by atoms with Gasteiger partial charge in [-0.05, 0) is 44.9 Å². The molecule has 4 heteroatoms. The van der Waals surface area contributed by atoms with Crippen molar-refractivity contribution in [1.29, 1.82) is 0 Å². The Hall–Kier alpha value is -0.770. The van der Waals surface area contributed by atoms with Gasteiger partial charge in [0.25, 0.3) is 0 Å². The minimum atomic E-state index is -0.111. The van der Waals surface area contributed by atoms with Crippen LogP contribution >= 0.6 is 0 Å². The van der Waals surface area contributed by atoms with Crippen LogP contribution in [0.3, 0.4) is 0 Å². The maximum absolute atomic E-state index is 11.8. The van der Waals surface area contributed by atoms with Crippen LogP contribution in [-0.2, 0) is 4.74 Å². The summed E-state index contributed by atoms with van der Waals surface area (Å²) in [5.41, 5.74) is 5.82. The Bertz CT molecular complexity index is 231. The van der Waals surface area contributed by atoms with Gasteiger partial charge < -0.3 is 15.4 Å². The summed E-state index contributed by atoms with van der Waals surface area (Å²) in [5, 5.41) is 0. The van der Waals surface area contributed by atoms with Gasteiger partial charge in [0.1, 0.15) is 6.10 Å². The Morgan fingerprint density at radius 3 is 2.31 bits per heavy atom. The molecule has 1 amide bonds. The molecule has 0 aromatic heterocycles.